The first-order valence-electron chi connectivity index (χ1n) is 9.92. The summed E-state index contributed by atoms with van der Waals surface area (Å²) in [6, 6.07) is 0. The van der Waals surface area contributed by atoms with Crippen LogP contribution in [0.25, 0.3) is 4.13 Å². The van der Waals surface area contributed by atoms with Gasteiger partial charge in [0.25, 0.3) is 0 Å². The Kier molecular flexibility index (Phi) is 16.2. The highest BCUT2D eigenvalue weighted by molar-refractivity contribution is 8.13. The van der Waals surface area contributed by atoms with Crippen molar-refractivity contribution in [3.8, 4) is 0 Å². The summed E-state index contributed by atoms with van der Waals surface area (Å²) in [5.74, 6) is 0.791. The van der Waals surface area contributed by atoms with Gasteiger partial charge >= 0.3 is 11.0 Å². The van der Waals surface area contributed by atoms with E-state index < -0.39 is 31.1 Å². The lowest BCUT2D eigenvalue weighted by Crippen LogP contribution is -2.79. The lowest BCUT2D eigenvalue weighted by molar-refractivity contribution is -0.627. The van der Waals surface area contributed by atoms with Gasteiger partial charge in [-0.05, 0) is 38.0 Å². The second-order valence-electron chi connectivity index (χ2n) is 6.94. The predicted octanol–water partition coefficient (Wildman–Crippen LogP) is 4.74. The van der Waals surface area contributed by atoms with Crippen LogP contribution in [0.1, 0.15) is 57.8 Å². The summed E-state index contributed by atoms with van der Waals surface area (Å²) in [7, 11) is -11.3. The molecule has 0 fully saturated rings. The van der Waals surface area contributed by atoms with Gasteiger partial charge in [-0.1, -0.05) is 37.8 Å². The van der Waals surface area contributed by atoms with Gasteiger partial charge in [0.05, 0.1) is 13.6 Å². The van der Waals surface area contributed by atoms with Gasteiger partial charge in [0, 0.05) is 0 Å². The zero-order chi connectivity index (χ0) is 25.5. The normalized spacial score (nSPS) is 12.9. The highest BCUT2D eigenvalue weighted by atomic mass is 32.3. The van der Waals surface area contributed by atoms with Crippen LogP contribution < -0.4 is 5.32 Å². The fourth-order valence-corrected chi connectivity index (χ4v) is 4.22. The molecule has 0 unspecified atom stereocenters. The van der Waals surface area contributed by atoms with Crippen molar-refractivity contribution in [3.63, 3.8) is 0 Å². The van der Waals surface area contributed by atoms with Gasteiger partial charge < -0.3 is 9.44 Å². The van der Waals surface area contributed by atoms with Gasteiger partial charge in [0.1, 0.15) is 0 Å². The Labute approximate surface area is 186 Å². The molecule has 0 amide bonds. The summed E-state index contributed by atoms with van der Waals surface area (Å²) in [6.07, 6.45) is 16.2. The van der Waals surface area contributed by atoms with Crippen LogP contribution in [0.4, 0.5) is 26.3 Å². The Bertz CT molecular complexity index is 684. The molecule has 0 rings (SSSR count). The molecule has 0 aromatic heterocycles. The predicted molar refractivity (Wildman–Crippen MR) is 111 cm³/mol. The van der Waals surface area contributed by atoms with Crippen molar-refractivity contribution >= 4 is 20.0 Å². The third-order valence-corrected chi connectivity index (χ3v) is 6.88. The summed E-state index contributed by atoms with van der Waals surface area (Å²) in [5, 5.41) is 2.27. The number of hydrogen-bond donors (Lipinski definition) is 1. The molecule has 0 aromatic carbocycles. The van der Waals surface area contributed by atoms with Crippen LogP contribution in [-0.4, -0.2) is 41.4 Å². The molecule has 0 aliphatic rings. The fourth-order valence-electron chi connectivity index (χ4n) is 2.51. The van der Waals surface area contributed by atoms with Gasteiger partial charge in [0.2, 0.25) is 0 Å². The molecule has 0 radical (unpaired) electrons. The number of halogens is 6. The smallest absolute Gasteiger partial charge is 0.421 e. The van der Waals surface area contributed by atoms with Crippen LogP contribution in [0, 0.1) is 5.92 Å². The van der Waals surface area contributed by atoms with Crippen molar-refractivity contribution in [2.45, 2.75) is 68.8 Å². The van der Waals surface area contributed by atoms with E-state index in [1.807, 2.05) is 0 Å². The number of rotatable bonds is 15. The van der Waals surface area contributed by atoms with Crippen molar-refractivity contribution in [2.24, 2.45) is 5.92 Å². The quantitative estimate of drug-likeness (QED) is 0.192. The first-order valence-corrected chi connectivity index (χ1v) is 12.8. The number of alkyl halides is 6. The molecule has 0 heterocycles. The summed E-state index contributed by atoms with van der Waals surface area (Å²) >= 11 is 0. The number of sulfonamides is 2. The van der Waals surface area contributed by atoms with E-state index >= 15 is 0 Å². The molecular formula is C18H32F6N2O4S2. The van der Waals surface area contributed by atoms with E-state index in [0.717, 1.165) is 22.9 Å². The van der Waals surface area contributed by atoms with Gasteiger partial charge in [-0.2, -0.15) is 26.3 Å². The maximum atomic E-state index is 11.4. The SMILES string of the molecule is C=CCC(CC=C)CCCCCCCC[NH2+]C.O=S(=O)([N-]S(=O)(=O)C(F)(F)F)C(F)(F)F. The van der Waals surface area contributed by atoms with Crippen LogP contribution in [0.3, 0.4) is 0 Å². The zero-order valence-corrected chi connectivity index (χ0v) is 19.6. The Hall–Kier alpha value is -1.12. The Morgan fingerprint density at radius 2 is 1.16 bits per heavy atom. The van der Waals surface area contributed by atoms with Crippen LogP contribution >= 0.6 is 0 Å². The molecule has 0 bridgehead atoms. The average Bonchev–Trinajstić information content (AvgIpc) is 2.62. The number of hydrogen-bond acceptors (Lipinski definition) is 4. The highest BCUT2D eigenvalue weighted by Crippen LogP contribution is 2.36. The molecule has 2 N–H and O–H groups in total. The van der Waals surface area contributed by atoms with E-state index in [1.54, 1.807) is 0 Å². The van der Waals surface area contributed by atoms with Crippen molar-refractivity contribution in [1.29, 1.82) is 0 Å². The zero-order valence-electron chi connectivity index (χ0n) is 18.0. The molecule has 6 nitrogen and oxygen atoms in total. The first-order chi connectivity index (χ1) is 14.6. The van der Waals surface area contributed by atoms with Crippen LogP contribution in [0.2, 0.25) is 0 Å². The maximum Gasteiger partial charge on any atom is 0.480 e. The maximum absolute atomic E-state index is 11.4. The first kappa shape index (κ1) is 33.1. The number of quaternary nitrogens is 1. The van der Waals surface area contributed by atoms with Crippen LogP contribution in [-0.2, 0) is 20.0 Å². The summed E-state index contributed by atoms with van der Waals surface area (Å²) in [4.78, 5) is 0. The molecule has 0 spiro atoms. The molecule has 0 aromatic rings. The standard InChI is InChI=1S/C16H31N.C2F6NO4S2/c1-4-12-16(13-5-2)14-10-8-6-7-9-11-15-17-3;3-1(4,5)14(10,11)9-15(12,13)2(6,7)8/h4-5,16-17H,1-2,6-15H2,3H3;/q;-1/p+1. The summed E-state index contributed by atoms with van der Waals surface area (Å²) < 4.78 is 109. The molecule has 0 saturated heterocycles. The van der Waals surface area contributed by atoms with Gasteiger partial charge in [-0.25, -0.2) is 16.8 Å². The lowest BCUT2D eigenvalue weighted by Gasteiger charge is -2.22. The number of nitrogens with zero attached hydrogens (tertiary/aromatic N) is 1. The summed E-state index contributed by atoms with van der Waals surface area (Å²) in [5.41, 5.74) is -12.4. The minimum absolute atomic E-state index is 0.778. The fraction of sp³-hybridized carbons (Fsp3) is 0.778. The van der Waals surface area contributed by atoms with Crippen LogP contribution in [0.5, 0.6) is 0 Å². The third-order valence-electron chi connectivity index (χ3n) is 4.14. The highest BCUT2D eigenvalue weighted by Gasteiger charge is 2.46. The molecular weight excluding hydrogens is 486 g/mol. The van der Waals surface area contributed by atoms with Crippen molar-refractivity contribution in [3.05, 3.63) is 29.4 Å². The van der Waals surface area contributed by atoms with E-state index in [2.05, 4.69) is 37.7 Å². The number of unbranched alkanes of at least 4 members (excludes halogenated alkanes) is 5. The van der Waals surface area contributed by atoms with E-state index in [0.29, 0.717) is 0 Å². The van der Waals surface area contributed by atoms with E-state index in [-0.39, 0.29) is 0 Å². The average molecular weight is 519 g/mol. The monoisotopic (exact) mass is 518 g/mol. The van der Waals surface area contributed by atoms with Crippen molar-refractivity contribution in [2.75, 3.05) is 13.6 Å². The van der Waals surface area contributed by atoms with Crippen molar-refractivity contribution < 1.29 is 48.5 Å². The Balaban J connectivity index is 0. The van der Waals surface area contributed by atoms with Gasteiger partial charge in [-0.3, -0.25) is 0 Å². The minimum Gasteiger partial charge on any atom is -0.421 e. The molecule has 0 aliphatic carbocycles. The molecule has 0 atom stereocenters. The van der Waals surface area contributed by atoms with Gasteiger partial charge in [0.15, 0.2) is 20.0 Å². The Morgan fingerprint density at radius 3 is 1.50 bits per heavy atom. The van der Waals surface area contributed by atoms with E-state index in [9.17, 15) is 43.2 Å². The molecule has 192 valence electrons. The Morgan fingerprint density at radius 1 is 0.781 bits per heavy atom. The molecule has 0 aliphatic heterocycles. The van der Waals surface area contributed by atoms with Gasteiger partial charge in [-0.15, -0.1) is 13.2 Å². The lowest BCUT2D eigenvalue weighted by atomic mass is 9.94. The topological polar surface area (TPSA) is 99.0 Å². The molecule has 32 heavy (non-hydrogen) atoms. The second kappa shape index (κ2) is 15.7. The number of nitrogens with two attached hydrogens (primary N) is 1. The third kappa shape index (κ3) is 14.9. The van der Waals surface area contributed by atoms with E-state index in [4.69, 9.17) is 0 Å². The number of allylic oxidation sites excluding steroid dienone is 2. The largest absolute Gasteiger partial charge is 0.480 e. The van der Waals surface area contributed by atoms with Crippen LogP contribution in [0.15, 0.2) is 25.3 Å². The molecule has 14 heteroatoms. The summed E-state index contributed by atoms with van der Waals surface area (Å²) in [6.45, 7) is 8.96. The van der Waals surface area contributed by atoms with E-state index in [1.165, 1.54) is 51.5 Å². The second-order valence-corrected chi connectivity index (χ2v) is 10.4. The minimum atomic E-state index is -6.72. The van der Waals surface area contributed by atoms with Crippen molar-refractivity contribution in [1.82, 2.24) is 0 Å². The molecule has 0 saturated carbocycles.